The minimum Gasteiger partial charge on any atom is -0.510 e. The van der Waals surface area contributed by atoms with Gasteiger partial charge in [0.25, 0.3) is 6.33 Å². The van der Waals surface area contributed by atoms with Crippen LogP contribution in [0.25, 0.3) is 94.5 Å². The quantitative estimate of drug-likeness (QED) is 0.112. The Balaban J connectivity index is 0.00000516. The summed E-state index contributed by atoms with van der Waals surface area (Å²) in [5.74, 6) is 1.88. The number of imidazole rings is 1. The maximum absolute atomic E-state index is 6.75. The van der Waals surface area contributed by atoms with Gasteiger partial charge in [-0.15, -0.1) is 29.7 Å². The van der Waals surface area contributed by atoms with Crippen LogP contribution >= 0.6 is 0 Å². The summed E-state index contributed by atoms with van der Waals surface area (Å²) >= 11 is 0. The molecule has 0 fully saturated rings. The van der Waals surface area contributed by atoms with E-state index in [1.54, 1.807) is 0 Å². The van der Waals surface area contributed by atoms with Gasteiger partial charge in [-0.1, -0.05) is 188 Å². The molecule has 14 rings (SSSR count). The van der Waals surface area contributed by atoms with E-state index < -0.39 is 0 Å². The van der Waals surface area contributed by atoms with E-state index in [9.17, 15) is 0 Å². The Morgan fingerprint density at radius 1 is 0.438 bits per heavy atom. The smallest absolute Gasteiger partial charge is 0.268 e. The fraction of sp³-hybridized carbons (Fsp3) is 0. The Bertz CT molecular complexity index is 4090. The SMILES string of the molecule is [Pt].[c-]1c(Oc2[c-]c3c(cc2)c2ccccc2n3-c2cc(N3c4ccccc4-c4ccccc4-c4ccccc43)ccn2)cccc1-n1[c-][n+](-c2c(-c3ccccc3)cccc2-c2ccccc2)c2ccccc21. The second-order valence-corrected chi connectivity index (χ2v) is 17.9. The third-order valence-electron chi connectivity index (χ3n) is 13.8. The maximum Gasteiger partial charge on any atom is 0.268 e. The largest absolute Gasteiger partial charge is 0.510 e. The minimum absolute atomic E-state index is 0. The first kappa shape index (κ1) is 43.9. The van der Waals surface area contributed by atoms with E-state index >= 15 is 0 Å². The first-order chi connectivity index (χ1) is 35.7. The first-order valence-electron chi connectivity index (χ1n) is 24.1. The van der Waals surface area contributed by atoms with E-state index in [-0.39, 0.29) is 21.1 Å². The third-order valence-corrected chi connectivity index (χ3v) is 13.8. The molecular weight excluding hydrogens is 1070 g/mol. The van der Waals surface area contributed by atoms with Crippen LogP contribution in [-0.4, -0.2) is 14.1 Å². The number of para-hydroxylation sites is 6. The van der Waals surface area contributed by atoms with Gasteiger partial charge in [-0.05, 0) is 68.7 Å². The molecule has 13 aromatic rings. The Kier molecular flexibility index (Phi) is 11.0. The molecule has 1 aliphatic heterocycles. The van der Waals surface area contributed by atoms with Gasteiger partial charge in [-0.2, -0.15) is 18.2 Å². The molecule has 1 aliphatic rings. The molecule has 0 unspecified atom stereocenters. The minimum atomic E-state index is 0. The van der Waals surface area contributed by atoms with Crippen LogP contribution < -0.4 is 14.2 Å². The Hall–Kier alpha value is -9.09. The normalized spacial score (nSPS) is 11.7. The number of hydrogen-bond acceptors (Lipinski definition) is 3. The summed E-state index contributed by atoms with van der Waals surface area (Å²) in [7, 11) is 0. The number of fused-ring (bicyclic) bond motifs is 9. The molecule has 0 N–H and O–H groups in total. The van der Waals surface area contributed by atoms with Crippen LogP contribution in [0.4, 0.5) is 17.1 Å². The molecule has 348 valence electrons. The Labute approximate surface area is 437 Å². The number of aromatic nitrogens is 4. The van der Waals surface area contributed by atoms with Crippen molar-refractivity contribution in [1.82, 2.24) is 14.1 Å². The fourth-order valence-electron chi connectivity index (χ4n) is 10.6. The molecule has 0 radical (unpaired) electrons. The van der Waals surface area contributed by atoms with Crippen molar-refractivity contribution in [3.05, 3.63) is 267 Å². The summed E-state index contributed by atoms with van der Waals surface area (Å²) in [6.07, 6.45) is 5.68. The predicted molar refractivity (Wildman–Crippen MR) is 290 cm³/mol. The molecule has 73 heavy (non-hydrogen) atoms. The summed E-state index contributed by atoms with van der Waals surface area (Å²) in [4.78, 5) is 7.43. The van der Waals surface area contributed by atoms with E-state index in [1.807, 2.05) is 30.5 Å². The van der Waals surface area contributed by atoms with Crippen molar-refractivity contribution in [2.45, 2.75) is 0 Å². The molecule has 0 aliphatic carbocycles. The van der Waals surface area contributed by atoms with Crippen LogP contribution in [0.15, 0.2) is 249 Å². The predicted octanol–water partition coefficient (Wildman–Crippen LogP) is 16.0. The zero-order valence-electron chi connectivity index (χ0n) is 39.1. The number of nitrogens with zero attached hydrogens (tertiary/aromatic N) is 5. The Morgan fingerprint density at radius 2 is 1.00 bits per heavy atom. The third kappa shape index (κ3) is 7.46. The average Bonchev–Trinajstić information content (AvgIpc) is 3.96. The van der Waals surface area contributed by atoms with E-state index in [2.05, 4.69) is 255 Å². The number of benzene rings is 10. The van der Waals surface area contributed by atoms with Crippen LogP contribution in [0.5, 0.6) is 11.5 Å². The van der Waals surface area contributed by atoms with Crippen molar-refractivity contribution in [3.63, 3.8) is 0 Å². The summed E-state index contributed by atoms with van der Waals surface area (Å²) < 4.78 is 13.2. The van der Waals surface area contributed by atoms with E-state index in [0.717, 1.165) is 89.3 Å². The van der Waals surface area contributed by atoms with Crippen LogP contribution in [0.2, 0.25) is 0 Å². The molecule has 0 saturated carbocycles. The molecule has 4 heterocycles. The number of anilines is 3. The van der Waals surface area contributed by atoms with Crippen LogP contribution in [0.1, 0.15) is 0 Å². The van der Waals surface area contributed by atoms with Gasteiger partial charge in [0.2, 0.25) is 0 Å². The van der Waals surface area contributed by atoms with Crippen molar-refractivity contribution in [3.8, 4) is 73.2 Å². The number of hydrogen-bond donors (Lipinski definition) is 0. The second kappa shape index (κ2) is 18.3. The Morgan fingerprint density at radius 3 is 1.70 bits per heavy atom. The molecule has 0 spiro atoms. The van der Waals surface area contributed by atoms with Gasteiger partial charge in [-0.3, -0.25) is 4.57 Å². The van der Waals surface area contributed by atoms with Gasteiger partial charge in [-0.25, -0.2) is 4.98 Å². The van der Waals surface area contributed by atoms with Crippen molar-refractivity contribution in [2.24, 2.45) is 0 Å². The maximum atomic E-state index is 6.75. The van der Waals surface area contributed by atoms with Gasteiger partial charge in [0.15, 0.2) is 0 Å². The number of ether oxygens (including phenoxy) is 1. The van der Waals surface area contributed by atoms with Gasteiger partial charge in [0, 0.05) is 61.5 Å². The molecule has 7 heteroatoms. The van der Waals surface area contributed by atoms with Gasteiger partial charge in [0.05, 0.1) is 33.8 Å². The van der Waals surface area contributed by atoms with Crippen LogP contribution in [0, 0.1) is 18.5 Å². The summed E-state index contributed by atoms with van der Waals surface area (Å²) in [6, 6.07) is 92.2. The topological polar surface area (TPSA) is 39.1 Å². The average molecular weight is 1120 g/mol. The van der Waals surface area contributed by atoms with Gasteiger partial charge < -0.3 is 18.8 Å². The van der Waals surface area contributed by atoms with E-state index in [0.29, 0.717) is 11.5 Å². The molecule has 0 saturated heterocycles. The summed E-state index contributed by atoms with van der Waals surface area (Å²) in [5, 5.41) is 2.15. The molecule has 0 bridgehead atoms. The monoisotopic (exact) mass is 1110 g/mol. The number of rotatable bonds is 8. The zero-order valence-corrected chi connectivity index (χ0v) is 41.4. The summed E-state index contributed by atoms with van der Waals surface area (Å²) in [5.41, 5.74) is 18.1. The first-order valence-corrected chi connectivity index (χ1v) is 24.1. The zero-order chi connectivity index (χ0) is 47.5. The molecule has 0 amide bonds. The van der Waals surface area contributed by atoms with E-state index in [4.69, 9.17) is 9.72 Å². The second-order valence-electron chi connectivity index (χ2n) is 17.9. The van der Waals surface area contributed by atoms with Crippen molar-refractivity contribution in [2.75, 3.05) is 4.90 Å². The van der Waals surface area contributed by atoms with Crippen molar-refractivity contribution in [1.29, 1.82) is 0 Å². The molecular formula is C66H41N5OPt-2. The molecule has 3 aromatic heterocycles. The van der Waals surface area contributed by atoms with Crippen molar-refractivity contribution >= 4 is 49.9 Å². The molecule has 6 nitrogen and oxygen atoms in total. The number of pyridine rings is 1. The van der Waals surface area contributed by atoms with Crippen molar-refractivity contribution < 1.29 is 30.4 Å². The standard InChI is InChI=1S/C66H41N5O.Pt/c1-3-19-45(20-4-1)51-30-18-31-52(46-21-5-2-6-22-46)66(51)69-44-68(62-35-15-16-36-63(62)69)47-23-17-24-49(41-47)72-50-37-38-58-57-29-11-14-34-61(57)71(64(58)43-50)65-42-48(39-40-67-65)70-59-32-12-9-27-55(59)53-25-7-8-26-54(53)56-28-10-13-33-60(56)70;/h1-40,42H;/q-2;. The van der Waals surface area contributed by atoms with Gasteiger partial charge in [0.1, 0.15) is 5.82 Å². The van der Waals surface area contributed by atoms with E-state index in [1.165, 1.54) is 22.3 Å². The van der Waals surface area contributed by atoms with Gasteiger partial charge >= 0.3 is 0 Å². The molecule has 0 atom stereocenters. The van der Waals surface area contributed by atoms with Crippen LogP contribution in [-0.2, 0) is 21.1 Å². The summed E-state index contributed by atoms with van der Waals surface area (Å²) in [6.45, 7) is 0. The molecule has 10 aromatic carbocycles. The van der Waals surface area contributed by atoms with Crippen LogP contribution in [0.3, 0.4) is 0 Å². The fourth-order valence-corrected chi connectivity index (χ4v) is 10.6.